The van der Waals surface area contributed by atoms with E-state index in [0.29, 0.717) is 6.61 Å². The lowest BCUT2D eigenvalue weighted by Gasteiger charge is -2.07. The van der Waals surface area contributed by atoms with Gasteiger partial charge in [-0.2, -0.15) is 0 Å². The van der Waals surface area contributed by atoms with Crippen LogP contribution in [0, 0.1) is 0 Å². The highest BCUT2D eigenvalue weighted by Gasteiger charge is 2.60. The Labute approximate surface area is 115 Å². The van der Waals surface area contributed by atoms with E-state index in [1.54, 1.807) is 0 Å². The van der Waals surface area contributed by atoms with Crippen molar-refractivity contribution in [2.45, 2.75) is 38.0 Å². The molecule has 2 heterocycles. The highest BCUT2D eigenvalue weighted by Crippen LogP contribution is 2.53. The maximum absolute atomic E-state index is 5.86. The number of rotatable bonds is 2. The molecule has 0 bridgehead atoms. The van der Waals surface area contributed by atoms with Crippen molar-refractivity contribution in [1.29, 1.82) is 0 Å². The predicted octanol–water partition coefficient (Wildman–Crippen LogP) is 3.49. The average molecular weight is 310 g/mol. The third kappa shape index (κ3) is 1.88. The molecule has 0 N–H and O–H groups in total. The van der Waals surface area contributed by atoms with Crippen molar-refractivity contribution in [3.05, 3.63) is 34.3 Å². The van der Waals surface area contributed by atoms with Gasteiger partial charge >= 0.3 is 0 Å². The fourth-order valence-electron chi connectivity index (χ4n) is 2.26. The Balaban J connectivity index is 1.87. The lowest BCUT2D eigenvalue weighted by Crippen LogP contribution is -2.21. The second-order valence-electron chi connectivity index (χ2n) is 5.64. The smallest absolute Gasteiger partial charge is 0.220 e. The van der Waals surface area contributed by atoms with Crippen LogP contribution >= 0.6 is 15.9 Å². The molecule has 4 heteroatoms. The molecule has 0 radical (unpaired) electrons. The van der Waals surface area contributed by atoms with E-state index in [4.69, 9.17) is 9.47 Å². The van der Waals surface area contributed by atoms with E-state index in [1.807, 2.05) is 25.1 Å². The van der Waals surface area contributed by atoms with E-state index in [0.717, 1.165) is 15.9 Å². The van der Waals surface area contributed by atoms with Crippen LogP contribution in [-0.2, 0) is 9.47 Å². The van der Waals surface area contributed by atoms with Crippen molar-refractivity contribution in [2.24, 2.45) is 4.99 Å². The summed E-state index contributed by atoms with van der Waals surface area (Å²) in [5.74, 6) is 0.730. The molecule has 18 heavy (non-hydrogen) atoms. The number of aliphatic imine (C=N–C) groups is 1. The van der Waals surface area contributed by atoms with Crippen molar-refractivity contribution in [3.8, 4) is 0 Å². The van der Waals surface area contributed by atoms with E-state index in [9.17, 15) is 0 Å². The first-order valence-corrected chi connectivity index (χ1v) is 6.87. The molecule has 3 nitrogen and oxygen atoms in total. The van der Waals surface area contributed by atoms with Crippen molar-refractivity contribution in [2.75, 3.05) is 6.61 Å². The molecule has 0 aromatic heterocycles. The van der Waals surface area contributed by atoms with Crippen LogP contribution in [0.4, 0.5) is 0 Å². The minimum absolute atomic E-state index is 0.0284. The van der Waals surface area contributed by atoms with E-state index in [-0.39, 0.29) is 11.6 Å². The molecular formula is C14H16BrNO2. The number of hydrogen-bond acceptors (Lipinski definition) is 3. The summed E-state index contributed by atoms with van der Waals surface area (Å²) < 4.78 is 12.6. The molecule has 1 saturated heterocycles. The van der Waals surface area contributed by atoms with Crippen LogP contribution in [0.5, 0.6) is 0 Å². The molecule has 2 aliphatic rings. The Hall–Kier alpha value is -0.870. The Bertz CT molecular complexity index is 526. The summed E-state index contributed by atoms with van der Waals surface area (Å²) >= 11 is 3.56. The van der Waals surface area contributed by atoms with Gasteiger partial charge in [0.1, 0.15) is 12.7 Å². The van der Waals surface area contributed by atoms with Crippen LogP contribution in [-0.4, -0.2) is 23.6 Å². The zero-order valence-corrected chi connectivity index (χ0v) is 12.3. The second-order valence-corrected chi connectivity index (χ2v) is 6.50. The SMILES string of the molecule is CC1(C)COC([C@@]2(C)O[C@H]2c2ccccc2Br)=N1. The van der Waals surface area contributed by atoms with Gasteiger partial charge in [0.05, 0.1) is 5.54 Å². The lowest BCUT2D eigenvalue weighted by molar-refractivity contribution is 0.251. The molecular weight excluding hydrogens is 294 g/mol. The molecule has 2 atom stereocenters. The molecule has 0 saturated carbocycles. The predicted molar refractivity (Wildman–Crippen MR) is 73.8 cm³/mol. The molecule has 2 aliphatic heterocycles. The minimum Gasteiger partial charge on any atom is -0.476 e. The van der Waals surface area contributed by atoms with Gasteiger partial charge in [-0.3, -0.25) is 0 Å². The van der Waals surface area contributed by atoms with E-state index >= 15 is 0 Å². The molecule has 1 aromatic rings. The van der Waals surface area contributed by atoms with Gasteiger partial charge in [0, 0.05) is 4.47 Å². The maximum Gasteiger partial charge on any atom is 0.220 e. The van der Waals surface area contributed by atoms with Crippen LogP contribution in [0.3, 0.4) is 0 Å². The Morgan fingerprint density at radius 3 is 2.61 bits per heavy atom. The zero-order valence-electron chi connectivity index (χ0n) is 10.7. The van der Waals surface area contributed by atoms with Crippen molar-refractivity contribution in [3.63, 3.8) is 0 Å². The topological polar surface area (TPSA) is 34.1 Å². The van der Waals surface area contributed by atoms with Gasteiger partial charge in [-0.1, -0.05) is 34.1 Å². The fourth-order valence-corrected chi connectivity index (χ4v) is 2.75. The first kappa shape index (κ1) is 12.2. The van der Waals surface area contributed by atoms with Crippen molar-refractivity contribution < 1.29 is 9.47 Å². The van der Waals surface area contributed by atoms with Gasteiger partial charge in [-0.15, -0.1) is 0 Å². The van der Waals surface area contributed by atoms with Crippen molar-refractivity contribution >= 4 is 21.8 Å². The number of benzene rings is 1. The third-order valence-corrected chi connectivity index (χ3v) is 4.11. The summed E-state index contributed by atoms with van der Waals surface area (Å²) in [7, 11) is 0. The van der Waals surface area contributed by atoms with Gasteiger partial charge in [0.25, 0.3) is 0 Å². The first-order chi connectivity index (χ1) is 8.42. The average Bonchev–Trinajstić information content (AvgIpc) is 2.84. The van der Waals surface area contributed by atoms with E-state index in [1.165, 1.54) is 0 Å². The van der Waals surface area contributed by atoms with E-state index < -0.39 is 5.60 Å². The first-order valence-electron chi connectivity index (χ1n) is 6.08. The summed E-state index contributed by atoms with van der Waals surface area (Å²) in [5.41, 5.74) is 0.608. The molecule has 0 amide bonds. The zero-order chi connectivity index (χ0) is 13.0. The molecule has 3 rings (SSSR count). The quantitative estimate of drug-likeness (QED) is 0.784. The van der Waals surface area contributed by atoms with Crippen LogP contribution in [0.1, 0.15) is 32.4 Å². The van der Waals surface area contributed by atoms with Crippen LogP contribution in [0.25, 0.3) is 0 Å². The Morgan fingerprint density at radius 2 is 2.00 bits per heavy atom. The highest BCUT2D eigenvalue weighted by molar-refractivity contribution is 9.10. The number of ether oxygens (including phenoxy) is 2. The summed E-state index contributed by atoms with van der Waals surface area (Å²) in [4.78, 5) is 4.61. The summed E-state index contributed by atoms with van der Waals surface area (Å²) in [5, 5.41) is 0. The lowest BCUT2D eigenvalue weighted by atomic mass is 10.0. The Morgan fingerprint density at radius 1 is 1.28 bits per heavy atom. The Kier molecular flexibility index (Phi) is 2.58. The van der Waals surface area contributed by atoms with Gasteiger partial charge in [0.2, 0.25) is 5.90 Å². The normalized spacial score (nSPS) is 32.9. The fraction of sp³-hybridized carbons (Fsp3) is 0.500. The molecule has 1 aromatic carbocycles. The van der Waals surface area contributed by atoms with Crippen LogP contribution in [0.2, 0.25) is 0 Å². The highest BCUT2D eigenvalue weighted by atomic mass is 79.9. The summed E-state index contributed by atoms with van der Waals surface area (Å²) in [6.45, 7) is 6.81. The molecule has 0 unspecified atom stereocenters. The standard InChI is InChI=1S/C14H16BrNO2/c1-13(2)8-17-12(16-13)14(3)11(18-14)9-6-4-5-7-10(9)15/h4-7,11H,8H2,1-3H3/t11-,14-/m0/s1. The molecule has 96 valence electrons. The van der Waals surface area contributed by atoms with Gasteiger partial charge in [-0.05, 0) is 32.4 Å². The van der Waals surface area contributed by atoms with Crippen LogP contribution < -0.4 is 0 Å². The maximum atomic E-state index is 5.86. The third-order valence-electron chi connectivity index (χ3n) is 3.38. The largest absolute Gasteiger partial charge is 0.476 e. The van der Waals surface area contributed by atoms with Gasteiger partial charge in [0.15, 0.2) is 5.60 Å². The van der Waals surface area contributed by atoms with Gasteiger partial charge < -0.3 is 9.47 Å². The van der Waals surface area contributed by atoms with Crippen molar-refractivity contribution in [1.82, 2.24) is 0 Å². The second kappa shape index (κ2) is 3.81. The molecule has 1 fully saturated rings. The number of hydrogen-bond donors (Lipinski definition) is 0. The summed E-state index contributed by atoms with van der Waals surface area (Å²) in [6, 6.07) is 8.11. The van der Waals surface area contributed by atoms with E-state index in [2.05, 4.69) is 40.8 Å². The monoisotopic (exact) mass is 309 g/mol. The van der Waals surface area contributed by atoms with Crippen LogP contribution in [0.15, 0.2) is 33.7 Å². The molecule has 0 aliphatic carbocycles. The number of nitrogens with zero attached hydrogens (tertiary/aromatic N) is 1. The number of halogens is 1. The van der Waals surface area contributed by atoms with Gasteiger partial charge in [-0.25, -0.2) is 4.99 Å². The number of epoxide rings is 1. The summed E-state index contributed by atoms with van der Waals surface area (Å²) in [6.07, 6.45) is 0.0284. The molecule has 0 spiro atoms. The minimum atomic E-state index is -0.405.